The van der Waals surface area contributed by atoms with Gasteiger partial charge in [-0.15, -0.1) is 0 Å². The van der Waals surface area contributed by atoms with E-state index in [1.807, 2.05) is 41.3 Å². The van der Waals surface area contributed by atoms with Crippen LogP contribution in [0.2, 0.25) is 0 Å². The summed E-state index contributed by atoms with van der Waals surface area (Å²) in [6.45, 7) is 0.839. The van der Waals surface area contributed by atoms with Gasteiger partial charge in [-0.1, -0.05) is 62.1 Å². The number of amides is 1. The van der Waals surface area contributed by atoms with Crippen molar-refractivity contribution in [2.24, 2.45) is 5.92 Å². The SMILES string of the molecule is O=C(OCOc1ccc2c(c1)[C@@]13CCCC[C@@H]1[C@H](C2)N(C(=O)OCc1ccccc1)CC3)OC1CCCCCC1. The van der Waals surface area contributed by atoms with Crippen molar-refractivity contribution in [3.63, 3.8) is 0 Å². The standard InChI is InChI=1S/C33H41NO6/c35-31(37-22-24-10-4-3-5-11-24)34-19-18-33-17-9-8-14-28(33)30(34)20-25-15-16-27(21-29(25)33)38-23-39-32(36)40-26-12-6-1-2-7-13-26/h3-5,10-11,15-16,21,26,28,30H,1-2,6-9,12-14,17-20,22-23H2/t28-,30+,33-/m1/s1. The van der Waals surface area contributed by atoms with Crippen LogP contribution < -0.4 is 4.74 Å². The van der Waals surface area contributed by atoms with Gasteiger partial charge in [0.25, 0.3) is 0 Å². The van der Waals surface area contributed by atoms with Crippen molar-refractivity contribution in [3.05, 3.63) is 65.2 Å². The predicted octanol–water partition coefficient (Wildman–Crippen LogP) is 7.29. The Balaban J connectivity index is 1.11. The Morgan fingerprint density at radius 3 is 2.50 bits per heavy atom. The summed E-state index contributed by atoms with van der Waals surface area (Å²) in [5.74, 6) is 1.12. The van der Waals surface area contributed by atoms with Gasteiger partial charge in [0, 0.05) is 18.0 Å². The number of hydrogen-bond acceptors (Lipinski definition) is 6. The van der Waals surface area contributed by atoms with Crippen LogP contribution in [0.1, 0.15) is 87.3 Å². The van der Waals surface area contributed by atoms with E-state index in [9.17, 15) is 9.59 Å². The van der Waals surface area contributed by atoms with E-state index in [1.54, 1.807) is 0 Å². The second kappa shape index (κ2) is 12.1. The average molecular weight is 548 g/mol. The van der Waals surface area contributed by atoms with E-state index in [4.69, 9.17) is 18.9 Å². The molecule has 6 rings (SSSR count). The van der Waals surface area contributed by atoms with E-state index in [0.29, 0.717) is 24.8 Å². The maximum atomic E-state index is 13.3. The first-order valence-corrected chi connectivity index (χ1v) is 15.2. The van der Waals surface area contributed by atoms with Crippen molar-refractivity contribution in [3.8, 4) is 5.75 Å². The summed E-state index contributed by atoms with van der Waals surface area (Å²) in [5.41, 5.74) is 3.68. The van der Waals surface area contributed by atoms with Crippen LogP contribution in [0, 0.1) is 5.92 Å². The molecule has 2 bridgehead atoms. The number of hydrogen-bond donors (Lipinski definition) is 0. The fourth-order valence-electron chi connectivity index (χ4n) is 7.78. The number of carbonyl (C=O) groups is 2. The molecule has 40 heavy (non-hydrogen) atoms. The Bertz CT molecular complexity index is 1180. The van der Waals surface area contributed by atoms with E-state index in [0.717, 1.165) is 56.9 Å². The van der Waals surface area contributed by atoms with Crippen LogP contribution in [0.15, 0.2) is 48.5 Å². The van der Waals surface area contributed by atoms with Gasteiger partial charge in [0.2, 0.25) is 6.79 Å². The first kappa shape index (κ1) is 27.0. The van der Waals surface area contributed by atoms with Crippen LogP contribution in [0.5, 0.6) is 5.75 Å². The highest BCUT2D eigenvalue weighted by atomic mass is 16.8. The van der Waals surface area contributed by atoms with Gasteiger partial charge in [-0.25, -0.2) is 9.59 Å². The molecular weight excluding hydrogens is 506 g/mol. The zero-order valence-corrected chi connectivity index (χ0v) is 23.4. The molecule has 7 nitrogen and oxygen atoms in total. The Morgan fingerprint density at radius 2 is 1.68 bits per heavy atom. The number of benzene rings is 2. The van der Waals surface area contributed by atoms with Gasteiger partial charge in [-0.2, -0.15) is 0 Å². The minimum atomic E-state index is -0.648. The smallest absolute Gasteiger partial charge is 0.457 e. The lowest BCUT2D eigenvalue weighted by Crippen LogP contribution is -2.62. The van der Waals surface area contributed by atoms with Gasteiger partial charge in [0.05, 0.1) is 0 Å². The highest BCUT2D eigenvalue weighted by molar-refractivity contribution is 5.69. The van der Waals surface area contributed by atoms with Crippen molar-refractivity contribution in [2.45, 2.75) is 101 Å². The molecule has 0 unspecified atom stereocenters. The Kier molecular flexibility index (Phi) is 8.17. The van der Waals surface area contributed by atoms with Gasteiger partial charge in [-0.3, -0.25) is 0 Å². The van der Waals surface area contributed by atoms with E-state index in [2.05, 4.69) is 12.1 Å². The van der Waals surface area contributed by atoms with E-state index < -0.39 is 6.16 Å². The van der Waals surface area contributed by atoms with Crippen LogP contribution >= 0.6 is 0 Å². The minimum absolute atomic E-state index is 0.0458. The molecule has 3 atom stereocenters. The molecule has 7 heteroatoms. The minimum Gasteiger partial charge on any atom is -0.457 e. The normalized spacial score (nSPS) is 26.1. The largest absolute Gasteiger partial charge is 0.511 e. The molecule has 2 saturated carbocycles. The quantitative estimate of drug-likeness (QED) is 0.215. The number of nitrogens with zero attached hydrogens (tertiary/aromatic N) is 1. The number of rotatable bonds is 6. The van der Waals surface area contributed by atoms with Gasteiger partial charge in [0.1, 0.15) is 18.5 Å². The van der Waals surface area contributed by atoms with Crippen LogP contribution in [-0.4, -0.2) is 42.6 Å². The lowest BCUT2D eigenvalue weighted by Gasteiger charge is -2.58. The van der Waals surface area contributed by atoms with E-state index in [1.165, 1.54) is 36.8 Å². The van der Waals surface area contributed by atoms with E-state index >= 15 is 0 Å². The summed E-state index contributed by atoms with van der Waals surface area (Å²) >= 11 is 0. The second-order valence-corrected chi connectivity index (χ2v) is 12.0. The fourth-order valence-corrected chi connectivity index (χ4v) is 7.78. The van der Waals surface area contributed by atoms with Crippen LogP contribution in [0.25, 0.3) is 0 Å². The molecule has 1 amide bonds. The fraction of sp³-hybridized carbons (Fsp3) is 0.576. The highest BCUT2D eigenvalue weighted by Gasteiger charge is 2.55. The molecule has 0 N–H and O–H groups in total. The monoisotopic (exact) mass is 547 g/mol. The first-order chi connectivity index (χ1) is 19.6. The molecule has 2 aromatic carbocycles. The number of ether oxygens (including phenoxy) is 4. The molecule has 1 saturated heterocycles. The maximum Gasteiger partial charge on any atom is 0.511 e. The second-order valence-electron chi connectivity index (χ2n) is 12.0. The number of fused-ring (bicyclic) bond motifs is 1. The van der Waals surface area contributed by atoms with Crippen molar-refractivity contribution in [1.82, 2.24) is 4.90 Å². The third kappa shape index (κ3) is 5.65. The third-order valence-corrected chi connectivity index (χ3v) is 9.72. The molecule has 0 radical (unpaired) electrons. The van der Waals surface area contributed by atoms with Gasteiger partial charge in [0.15, 0.2) is 0 Å². The molecular formula is C33H41NO6. The van der Waals surface area contributed by atoms with Gasteiger partial charge in [-0.05, 0) is 86.1 Å². The molecule has 1 aliphatic heterocycles. The Hall–Kier alpha value is -3.22. The van der Waals surface area contributed by atoms with Gasteiger partial charge < -0.3 is 23.8 Å². The van der Waals surface area contributed by atoms with Crippen LogP contribution in [-0.2, 0) is 32.7 Å². The summed E-state index contributed by atoms with van der Waals surface area (Å²) < 4.78 is 22.5. The molecule has 2 aromatic rings. The summed E-state index contributed by atoms with van der Waals surface area (Å²) in [7, 11) is 0. The van der Waals surface area contributed by atoms with E-state index in [-0.39, 0.29) is 30.4 Å². The number of carbonyl (C=O) groups excluding carboxylic acids is 2. The van der Waals surface area contributed by atoms with Crippen LogP contribution in [0.4, 0.5) is 9.59 Å². The topological polar surface area (TPSA) is 74.3 Å². The zero-order valence-electron chi connectivity index (χ0n) is 23.4. The zero-order chi connectivity index (χ0) is 27.4. The summed E-state index contributed by atoms with van der Waals surface area (Å²) in [4.78, 5) is 27.5. The molecule has 0 aromatic heterocycles. The molecule has 0 spiro atoms. The summed E-state index contributed by atoms with van der Waals surface area (Å²) in [6.07, 6.45) is 11.9. The van der Waals surface area contributed by atoms with Crippen molar-refractivity contribution >= 4 is 12.2 Å². The lowest BCUT2D eigenvalue weighted by molar-refractivity contribution is -0.0197. The van der Waals surface area contributed by atoms with Crippen molar-refractivity contribution in [2.75, 3.05) is 13.3 Å². The van der Waals surface area contributed by atoms with Crippen molar-refractivity contribution in [1.29, 1.82) is 0 Å². The molecule has 4 aliphatic rings. The van der Waals surface area contributed by atoms with Crippen molar-refractivity contribution < 1.29 is 28.5 Å². The maximum absolute atomic E-state index is 13.3. The summed E-state index contributed by atoms with van der Waals surface area (Å²) in [5, 5.41) is 0. The predicted molar refractivity (Wildman–Crippen MR) is 150 cm³/mol. The Morgan fingerprint density at radius 1 is 0.875 bits per heavy atom. The molecule has 1 heterocycles. The Labute approximate surface area is 237 Å². The molecule has 3 aliphatic carbocycles. The van der Waals surface area contributed by atoms with Gasteiger partial charge >= 0.3 is 12.2 Å². The molecule has 214 valence electrons. The third-order valence-electron chi connectivity index (χ3n) is 9.72. The highest BCUT2D eigenvalue weighted by Crippen LogP contribution is 2.56. The molecule has 3 fully saturated rings. The first-order valence-electron chi connectivity index (χ1n) is 15.2. The lowest BCUT2D eigenvalue weighted by atomic mass is 9.52. The average Bonchev–Trinajstić information content (AvgIpc) is 3.25. The number of piperidine rings is 1. The number of likely N-dealkylation sites (tertiary alicyclic amines) is 1. The summed E-state index contributed by atoms with van der Waals surface area (Å²) in [6, 6.07) is 16.3. The van der Waals surface area contributed by atoms with Crippen LogP contribution in [0.3, 0.4) is 0 Å².